The van der Waals surface area contributed by atoms with Crippen molar-refractivity contribution in [3.8, 4) is 0 Å². The topological polar surface area (TPSA) is 61.8 Å². The molecule has 0 radical (unpaired) electrons. The Labute approximate surface area is 417 Å². The molecule has 0 heterocycles. The predicted octanol–water partition coefficient (Wildman–Crippen LogP) is 18.4. The second-order valence-electron chi connectivity index (χ2n) is 16.6. The van der Waals surface area contributed by atoms with Crippen molar-refractivity contribution < 1.29 is 23.8 Å². The van der Waals surface area contributed by atoms with Crippen LogP contribution < -0.4 is 0 Å². The van der Waals surface area contributed by atoms with Gasteiger partial charge in [-0.05, 0) is 122 Å². The van der Waals surface area contributed by atoms with Gasteiger partial charge >= 0.3 is 11.9 Å². The predicted molar refractivity (Wildman–Crippen MR) is 297 cm³/mol. The van der Waals surface area contributed by atoms with Crippen molar-refractivity contribution in [3.63, 3.8) is 0 Å². The first-order valence-corrected chi connectivity index (χ1v) is 26.7. The molecule has 0 aliphatic rings. The minimum atomic E-state index is -0.626. The molecule has 0 aromatic rings. The molecule has 68 heavy (non-hydrogen) atoms. The van der Waals surface area contributed by atoms with Crippen molar-refractivity contribution in [2.75, 3.05) is 19.8 Å². The number of hydrogen-bond acceptors (Lipinski definition) is 5. The van der Waals surface area contributed by atoms with E-state index in [4.69, 9.17) is 14.2 Å². The smallest absolute Gasteiger partial charge is 0.306 e. The molecule has 378 valence electrons. The van der Waals surface area contributed by atoms with Crippen molar-refractivity contribution in [2.24, 2.45) is 0 Å². The molecule has 0 saturated heterocycles. The molecule has 0 rings (SSSR count). The fourth-order valence-corrected chi connectivity index (χ4v) is 6.44. The highest BCUT2D eigenvalue weighted by Gasteiger charge is 2.17. The maximum atomic E-state index is 12.8. The molecule has 0 spiro atoms. The standard InChI is InChI=1S/C63H96O5/c1-4-7-10-13-16-19-22-25-28-31-32-34-35-38-41-44-47-50-53-56-62(64)67-60-61(59-66-58-55-52-49-46-43-40-37-30-27-24-21-18-15-12-9-6-3)68-63(65)57-54-51-48-45-42-39-36-33-29-26-23-20-17-14-11-8-5-2/h7-12,16-21,25-30,32,34,38,40-41,43,47,49-50,52,61H,4-6,13-15,22-24,31,33,35-37,39,42,44-46,48,51,53-60H2,1-3H3/b10-7-,11-8-,12-9-,19-16-,20-17-,21-18-,28-25-,29-26-,30-27-,34-32-,41-38-,43-40-,50-47-,52-49-. The van der Waals surface area contributed by atoms with Gasteiger partial charge in [-0.15, -0.1) is 0 Å². The van der Waals surface area contributed by atoms with E-state index in [1.165, 1.54) is 25.7 Å². The van der Waals surface area contributed by atoms with E-state index >= 15 is 0 Å². The van der Waals surface area contributed by atoms with Gasteiger partial charge in [0.15, 0.2) is 6.10 Å². The number of carbonyl (C=O) groups is 2. The van der Waals surface area contributed by atoms with Crippen molar-refractivity contribution >= 4 is 11.9 Å². The summed E-state index contributed by atoms with van der Waals surface area (Å²) in [6, 6.07) is 0. The zero-order valence-electron chi connectivity index (χ0n) is 43.3. The Hall–Kier alpha value is -4.74. The lowest BCUT2D eigenvalue weighted by atomic mass is 10.1. The van der Waals surface area contributed by atoms with Crippen LogP contribution in [0.1, 0.15) is 188 Å². The largest absolute Gasteiger partial charge is 0.462 e. The summed E-state index contributed by atoms with van der Waals surface area (Å²) < 4.78 is 17.2. The molecule has 1 unspecified atom stereocenters. The van der Waals surface area contributed by atoms with Gasteiger partial charge in [0.25, 0.3) is 0 Å². The Morgan fingerprint density at radius 2 is 0.647 bits per heavy atom. The number of hydrogen-bond donors (Lipinski definition) is 0. The van der Waals surface area contributed by atoms with Crippen LogP contribution in [0.25, 0.3) is 0 Å². The molecule has 0 aromatic carbocycles. The highest BCUT2D eigenvalue weighted by molar-refractivity contribution is 5.70. The zero-order valence-corrected chi connectivity index (χ0v) is 43.3. The molecule has 0 saturated carbocycles. The summed E-state index contributed by atoms with van der Waals surface area (Å²) in [6.07, 6.45) is 85.4. The van der Waals surface area contributed by atoms with Crippen molar-refractivity contribution in [1.29, 1.82) is 0 Å². The normalized spacial score (nSPS) is 13.6. The van der Waals surface area contributed by atoms with Crippen LogP contribution in [0.5, 0.6) is 0 Å². The van der Waals surface area contributed by atoms with Gasteiger partial charge in [0, 0.05) is 12.8 Å². The van der Waals surface area contributed by atoms with E-state index in [2.05, 4.69) is 185 Å². The highest BCUT2D eigenvalue weighted by Crippen LogP contribution is 2.12. The molecule has 0 N–H and O–H groups in total. The maximum Gasteiger partial charge on any atom is 0.306 e. The summed E-state index contributed by atoms with van der Waals surface area (Å²) in [5.41, 5.74) is 0. The van der Waals surface area contributed by atoms with Crippen LogP contribution >= 0.6 is 0 Å². The summed E-state index contributed by atoms with van der Waals surface area (Å²) in [5.74, 6) is -0.562. The lowest BCUT2D eigenvalue weighted by Crippen LogP contribution is -2.30. The second-order valence-corrected chi connectivity index (χ2v) is 16.6. The van der Waals surface area contributed by atoms with Gasteiger partial charge in [-0.1, -0.05) is 223 Å². The van der Waals surface area contributed by atoms with Gasteiger partial charge in [-0.25, -0.2) is 0 Å². The number of esters is 2. The third-order valence-electron chi connectivity index (χ3n) is 10.3. The molecule has 1 atom stereocenters. The van der Waals surface area contributed by atoms with Crippen LogP contribution in [-0.4, -0.2) is 37.9 Å². The van der Waals surface area contributed by atoms with Crippen LogP contribution in [0.4, 0.5) is 0 Å². The fourth-order valence-electron chi connectivity index (χ4n) is 6.44. The van der Waals surface area contributed by atoms with Gasteiger partial charge in [-0.2, -0.15) is 0 Å². The lowest BCUT2D eigenvalue weighted by Gasteiger charge is -2.18. The van der Waals surface area contributed by atoms with Gasteiger partial charge in [-0.3, -0.25) is 9.59 Å². The SMILES string of the molecule is CC/C=C\C/C=C\C/C=C\C/C=C\C/C=C\C/C=C\CCC(=O)OCC(COCC/C=C\C/C=C\C/C=C\C/C=C\C/C=C\CC)OC(=O)CCCCCCCCC/C=C\C/C=C\C/C=C\CC. The van der Waals surface area contributed by atoms with Crippen molar-refractivity contribution in [1.82, 2.24) is 0 Å². The van der Waals surface area contributed by atoms with E-state index in [1.807, 2.05) is 6.08 Å². The fraction of sp³-hybridized carbons (Fsp3) is 0.524. The van der Waals surface area contributed by atoms with Crippen LogP contribution in [0, 0.1) is 0 Å². The Morgan fingerprint density at radius 1 is 0.324 bits per heavy atom. The summed E-state index contributed by atoms with van der Waals surface area (Å²) in [5, 5.41) is 0. The Kier molecular flexibility index (Phi) is 52.6. The average Bonchev–Trinajstić information content (AvgIpc) is 3.34. The first-order valence-electron chi connectivity index (χ1n) is 26.7. The minimum absolute atomic E-state index is 0.00146. The Balaban J connectivity index is 4.56. The summed E-state index contributed by atoms with van der Waals surface area (Å²) in [6.45, 7) is 7.16. The molecular formula is C63H96O5. The third kappa shape index (κ3) is 53.9. The Morgan fingerprint density at radius 3 is 1.04 bits per heavy atom. The molecule has 0 aliphatic carbocycles. The van der Waals surface area contributed by atoms with E-state index in [1.54, 1.807) is 0 Å². The molecule has 0 aromatic heterocycles. The van der Waals surface area contributed by atoms with E-state index in [-0.39, 0.29) is 31.6 Å². The zero-order chi connectivity index (χ0) is 49.2. The van der Waals surface area contributed by atoms with Crippen LogP contribution in [0.15, 0.2) is 170 Å². The summed E-state index contributed by atoms with van der Waals surface area (Å²) in [4.78, 5) is 25.4. The molecule has 0 aliphatic heterocycles. The molecule has 0 bridgehead atoms. The average molecular weight is 933 g/mol. The number of rotatable bonds is 46. The number of carbonyl (C=O) groups excluding carboxylic acids is 2. The van der Waals surface area contributed by atoms with Crippen molar-refractivity contribution in [2.45, 2.75) is 194 Å². The van der Waals surface area contributed by atoms with E-state index in [0.717, 1.165) is 122 Å². The lowest BCUT2D eigenvalue weighted by molar-refractivity contribution is -0.162. The van der Waals surface area contributed by atoms with E-state index < -0.39 is 6.10 Å². The van der Waals surface area contributed by atoms with E-state index in [0.29, 0.717) is 19.4 Å². The maximum absolute atomic E-state index is 12.8. The molecular weight excluding hydrogens is 837 g/mol. The summed E-state index contributed by atoms with van der Waals surface area (Å²) >= 11 is 0. The summed E-state index contributed by atoms with van der Waals surface area (Å²) in [7, 11) is 0. The monoisotopic (exact) mass is 933 g/mol. The second kappa shape index (κ2) is 56.6. The highest BCUT2D eigenvalue weighted by atomic mass is 16.6. The van der Waals surface area contributed by atoms with E-state index in [9.17, 15) is 9.59 Å². The molecule has 5 heteroatoms. The van der Waals surface area contributed by atoms with Gasteiger partial charge < -0.3 is 14.2 Å². The molecule has 0 amide bonds. The number of unbranched alkanes of at least 4 members (excludes halogenated alkanes) is 7. The van der Waals surface area contributed by atoms with Gasteiger partial charge in [0.05, 0.1) is 13.2 Å². The van der Waals surface area contributed by atoms with Gasteiger partial charge in [0.1, 0.15) is 6.61 Å². The van der Waals surface area contributed by atoms with Crippen LogP contribution in [-0.2, 0) is 23.8 Å². The minimum Gasteiger partial charge on any atom is -0.462 e. The Bertz CT molecular complexity index is 1570. The first-order chi connectivity index (χ1) is 33.6. The molecule has 5 nitrogen and oxygen atoms in total. The number of ether oxygens (including phenoxy) is 3. The van der Waals surface area contributed by atoms with Crippen LogP contribution in [0.3, 0.4) is 0 Å². The van der Waals surface area contributed by atoms with Gasteiger partial charge in [0.2, 0.25) is 0 Å². The third-order valence-corrected chi connectivity index (χ3v) is 10.3. The van der Waals surface area contributed by atoms with Crippen molar-refractivity contribution in [3.05, 3.63) is 170 Å². The molecule has 0 fully saturated rings. The number of allylic oxidation sites excluding steroid dienone is 27. The first kappa shape index (κ1) is 63.3. The quantitative estimate of drug-likeness (QED) is 0.0346. The van der Waals surface area contributed by atoms with Crippen LogP contribution in [0.2, 0.25) is 0 Å².